The third kappa shape index (κ3) is 3.92. The van der Waals surface area contributed by atoms with Crippen molar-refractivity contribution in [2.75, 3.05) is 6.61 Å². The third-order valence-corrected chi connectivity index (χ3v) is 3.94. The first-order valence-corrected chi connectivity index (χ1v) is 7.49. The van der Waals surface area contributed by atoms with E-state index in [9.17, 15) is 9.59 Å². The molecule has 0 saturated heterocycles. The summed E-state index contributed by atoms with van der Waals surface area (Å²) in [5.74, 6) is 1.17. The van der Waals surface area contributed by atoms with Gasteiger partial charge in [0.05, 0.1) is 0 Å². The fourth-order valence-corrected chi connectivity index (χ4v) is 2.64. The van der Waals surface area contributed by atoms with Gasteiger partial charge in [-0.15, -0.1) is 0 Å². The zero-order chi connectivity index (χ0) is 14.4. The van der Waals surface area contributed by atoms with E-state index in [1.807, 2.05) is 6.92 Å². The van der Waals surface area contributed by atoms with Gasteiger partial charge in [-0.1, -0.05) is 26.2 Å². The average molecular weight is 274 g/mol. The highest BCUT2D eigenvalue weighted by Gasteiger charge is 2.21. The Labute approximate surface area is 120 Å². The van der Waals surface area contributed by atoms with Crippen LogP contribution in [0.2, 0.25) is 0 Å². The zero-order valence-electron chi connectivity index (χ0n) is 12.1. The van der Waals surface area contributed by atoms with Gasteiger partial charge in [0.1, 0.15) is 12.4 Å². The predicted octanol–water partition coefficient (Wildman–Crippen LogP) is 3.81. The Bertz CT molecular complexity index is 456. The smallest absolute Gasteiger partial charge is 0.173 e. The molecule has 0 radical (unpaired) electrons. The number of ether oxygens (including phenoxy) is 1. The lowest BCUT2D eigenvalue weighted by atomic mass is 9.86. The molecule has 1 saturated carbocycles. The number of rotatable bonds is 6. The second kappa shape index (κ2) is 7.22. The molecule has 3 nitrogen and oxygen atoms in total. The largest absolute Gasteiger partial charge is 0.486 e. The Morgan fingerprint density at radius 1 is 1.10 bits per heavy atom. The number of hydrogen-bond acceptors (Lipinski definition) is 3. The summed E-state index contributed by atoms with van der Waals surface area (Å²) in [6, 6.07) is 7.03. The van der Waals surface area contributed by atoms with Crippen LogP contribution in [-0.4, -0.2) is 18.2 Å². The SMILES string of the molecule is CCC(=O)c1ccc(OCC(=O)C2CCCCC2)cc1. The molecule has 1 aromatic rings. The van der Waals surface area contributed by atoms with Gasteiger partial charge in [-0.2, -0.15) is 0 Å². The highest BCUT2D eigenvalue weighted by Crippen LogP contribution is 2.24. The molecule has 20 heavy (non-hydrogen) atoms. The maximum absolute atomic E-state index is 12.0. The van der Waals surface area contributed by atoms with E-state index >= 15 is 0 Å². The van der Waals surface area contributed by atoms with E-state index in [-0.39, 0.29) is 24.1 Å². The van der Waals surface area contributed by atoms with Crippen LogP contribution in [0.25, 0.3) is 0 Å². The molecule has 0 aromatic heterocycles. The van der Waals surface area contributed by atoms with Crippen LogP contribution in [0.5, 0.6) is 5.75 Å². The molecular weight excluding hydrogens is 252 g/mol. The van der Waals surface area contributed by atoms with Crippen LogP contribution < -0.4 is 4.74 Å². The highest BCUT2D eigenvalue weighted by atomic mass is 16.5. The lowest BCUT2D eigenvalue weighted by Crippen LogP contribution is -2.23. The summed E-state index contributed by atoms with van der Waals surface area (Å²) < 4.78 is 5.53. The number of benzene rings is 1. The first-order valence-electron chi connectivity index (χ1n) is 7.49. The summed E-state index contributed by atoms with van der Waals surface area (Å²) >= 11 is 0. The molecule has 1 aliphatic carbocycles. The fourth-order valence-electron chi connectivity index (χ4n) is 2.64. The van der Waals surface area contributed by atoms with E-state index in [4.69, 9.17) is 4.74 Å². The highest BCUT2D eigenvalue weighted by molar-refractivity contribution is 5.95. The standard InChI is InChI=1S/C17H22O3/c1-2-16(18)14-8-10-15(11-9-14)20-12-17(19)13-6-4-3-5-7-13/h8-11,13H,2-7,12H2,1H3. The normalized spacial score (nSPS) is 15.8. The second-order valence-corrected chi connectivity index (χ2v) is 5.39. The molecule has 1 aliphatic rings. The molecule has 0 bridgehead atoms. The molecule has 0 unspecified atom stereocenters. The van der Waals surface area contributed by atoms with Crippen molar-refractivity contribution in [3.05, 3.63) is 29.8 Å². The van der Waals surface area contributed by atoms with Crippen molar-refractivity contribution >= 4 is 11.6 Å². The number of Topliss-reactive ketones (excluding diaryl/α,β-unsaturated/α-hetero) is 2. The van der Waals surface area contributed by atoms with E-state index < -0.39 is 0 Å². The topological polar surface area (TPSA) is 43.4 Å². The van der Waals surface area contributed by atoms with Gasteiger partial charge >= 0.3 is 0 Å². The van der Waals surface area contributed by atoms with Crippen LogP contribution in [0.4, 0.5) is 0 Å². The van der Waals surface area contributed by atoms with E-state index in [1.54, 1.807) is 24.3 Å². The molecule has 0 N–H and O–H groups in total. The van der Waals surface area contributed by atoms with Gasteiger partial charge in [0.15, 0.2) is 11.6 Å². The van der Waals surface area contributed by atoms with Gasteiger partial charge in [-0.05, 0) is 37.1 Å². The van der Waals surface area contributed by atoms with Crippen molar-refractivity contribution in [1.82, 2.24) is 0 Å². The average Bonchev–Trinajstić information content (AvgIpc) is 2.53. The lowest BCUT2D eigenvalue weighted by molar-refractivity contribution is -0.125. The van der Waals surface area contributed by atoms with Gasteiger partial charge < -0.3 is 4.74 Å². The van der Waals surface area contributed by atoms with Crippen LogP contribution in [0.15, 0.2) is 24.3 Å². The minimum absolute atomic E-state index is 0.120. The molecule has 1 aromatic carbocycles. The van der Waals surface area contributed by atoms with Crippen LogP contribution in [0.3, 0.4) is 0 Å². The molecule has 0 amide bonds. The first-order chi connectivity index (χ1) is 9.70. The van der Waals surface area contributed by atoms with E-state index in [0.29, 0.717) is 17.7 Å². The second-order valence-electron chi connectivity index (χ2n) is 5.39. The van der Waals surface area contributed by atoms with Crippen molar-refractivity contribution in [3.63, 3.8) is 0 Å². The minimum atomic E-state index is 0.120. The van der Waals surface area contributed by atoms with Crippen LogP contribution >= 0.6 is 0 Å². The lowest BCUT2D eigenvalue weighted by Gasteiger charge is -2.20. The summed E-state index contributed by atoms with van der Waals surface area (Å²) in [5.41, 5.74) is 0.693. The minimum Gasteiger partial charge on any atom is -0.486 e. The quantitative estimate of drug-likeness (QED) is 0.741. The zero-order valence-corrected chi connectivity index (χ0v) is 12.1. The Balaban J connectivity index is 1.84. The Morgan fingerprint density at radius 2 is 1.75 bits per heavy atom. The summed E-state index contributed by atoms with van der Waals surface area (Å²) in [6.45, 7) is 1.99. The number of carbonyl (C=O) groups is 2. The van der Waals surface area contributed by atoms with Crippen LogP contribution in [0.1, 0.15) is 55.8 Å². The summed E-state index contributed by atoms with van der Waals surface area (Å²) in [4.78, 5) is 23.5. The van der Waals surface area contributed by atoms with Gasteiger partial charge in [-0.3, -0.25) is 9.59 Å². The summed E-state index contributed by atoms with van der Waals surface area (Å²) in [7, 11) is 0. The maximum Gasteiger partial charge on any atom is 0.173 e. The van der Waals surface area contributed by atoms with E-state index in [0.717, 1.165) is 25.7 Å². The first kappa shape index (κ1) is 14.8. The molecule has 108 valence electrons. The molecule has 0 heterocycles. The van der Waals surface area contributed by atoms with E-state index in [2.05, 4.69) is 0 Å². The fraction of sp³-hybridized carbons (Fsp3) is 0.529. The van der Waals surface area contributed by atoms with Crippen molar-refractivity contribution in [3.8, 4) is 5.75 Å². The van der Waals surface area contributed by atoms with Crippen molar-refractivity contribution < 1.29 is 14.3 Å². The number of carbonyl (C=O) groups excluding carboxylic acids is 2. The molecule has 2 rings (SSSR count). The van der Waals surface area contributed by atoms with Gasteiger partial charge in [-0.25, -0.2) is 0 Å². The molecule has 1 fully saturated rings. The molecule has 0 aliphatic heterocycles. The Hall–Kier alpha value is -1.64. The number of hydrogen-bond donors (Lipinski definition) is 0. The predicted molar refractivity (Wildman–Crippen MR) is 78.1 cm³/mol. The molecule has 0 spiro atoms. The van der Waals surface area contributed by atoms with Crippen molar-refractivity contribution in [2.45, 2.75) is 45.4 Å². The Morgan fingerprint density at radius 3 is 2.35 bits per heavy atom. The monoisotopic (exact) mass is 274 g/mol. The van der Waals surface area contributed by atoms with Crippen molar-refractivity contribution in [1.29, 1.82) is 0 Å². The maximum atomic E-state index is 12.0. The van der Waals surface area contributed by atoms with Gasteiger partial charge in [0, 0.05) is 17.9 Å². The van der Waals surface area contributed by atoms with Crippen molar-refractivity contribution in [2.24, 2.45) is 5.92 Å². The molecule has 3 heteroatoms. The van der Waals surface area contributed by atoms with E-state index in [1.165, 1.54) is 6.42 Å². The van der Waals surface area contributed by atoms with Crippen LogP contribution in [0, 0.1) is 5.92 Å². The third-order valence-electron chi connectivity index (χ3n) is 3.94. The van der Waals surface area contributed by atoms with Gasteiger partial charge in [0.25, 0.3) is 0 Å². The summed E-state index contributed by atoms with van der Waals surface area (Å²) in [6.07, 6.45) is 6.07. The summed E-state index contributed by atoms with van der Waals surface area (Å²) in [5, 5.41) is 0. The Kier molecular flexibility index (Phi) is 5.33. The molecular formula is C17H22O3. The van der Waals surface area contributed by atoms with Crippen LogP contribution in [-0.2, 0) is 4.79 Å². The molecule has 0 atom stereocenters. The van der Waals surface area contributed by atoms with Gasteiger partial charge in [0.2, 0.25) is 0 Å². The number of ketones is 2.